The minimum Gasteiger partial charge on any atom is -0.271 e. The molecule has 7 heteroatoms. The fourth-order valence-electron chi connectivity index (χ4n) is 2.25. The number of benzene rings is 1. The summed E-state index contributed by atoms with van der Waals surface area (Å²) >= 11 is 0. The minimum absolute atomic E-state index is 0.263. The van der Waals surface area contributed by atoms with Crippen LogP contribution in [-0.4, -0.2) is 29.7 Å². The van der Waals surface area contributed by atoms with Crippen molar-refractivity contribution in [1.82, 2.24) is 19.5 Å². The average Bonchev–Trinajstić information content (AvgIpc) is 3.11. The maximum absolute atomic E-state index is 12.0. The second kappa shape index (κ2) is 7.87. The van der Waals surface area contributed by atoms with Crippen LogP contribution >= 0.6 is 0 Å². The van der Waals surface area contributed by atoms with Gasteiger partial charge in [-0.2, -0.15) is 5.10 Å². The maximum Gasteiger partial charge on any atom is 0.233 e. The third-order valence-corrected chi connectivity index (χ3v) is 4.60. The van der Waals surface area contributed by atoms with Crippen molar-refractivity contribution in [3.8, 4) is 11.3 Å². The predicted octanol–water partition coefficient (Wildman–Crippen LogP) is 2.54. The molecule has 0 bridgehead atoms. The van der Waals surface area contributed by atoms with Crippen molar-refractivity contribution in [3.05, 3.63) is 78.1 Å². The first kappa shape index (κ1) is 17.1. The summed E-state index contributed by atoms with van der Waals surface area (Å²) in [5, 5.41) is 5.60. The maximum atomic E-state index is 12.0. The van der Waals surface area contributed by atoms with Crippen molar-refractivity contribution in [2.75, 3.05) is 6.54 Å². The van der Waals surface area contributed by atoms with E-state index in [0.29, 0.717) is 6.54 Å². The number of aromatic nitrogens is 3. The molecule has 3 aromatic rings. The van der Waals surface area contributed by atoms with Crippen LogP contribution in [0.3, 0.4) is 0 Å². The van der Waals surface area contributed by atoms with E-state index in [-0.39, 0.29) is 6.54 Å². The van der Waals surface area contributed by atoms with Gasteiger partial charge < -0.3 is 0 Å². The van der Waals surface area contributed by atoms with Gasteiger partial charge in [0, 0.05) is 36.1 Å². The van der Waals surface area contributed by atoms with Gasteiger partial charge in [0.2, 0.25) is 10.0 Å². The fourth-order valence-corrected chi connectivity index (χ4v) is 3.05. The van der Waals surface area contributed by atoms with E-state index in [2.05, 4.69) is 14.8 Å². The summed E-state index contributed by atoms with van der Waals surface area (Å²) in [6.45, 7) is 0.711. The van der Waals surface area contributed by atoms with Crippen molar-refractivity contribution in [3.63, 3.8) is 0 Å². The van der Waals surface area contributed by atoms with Crippen LogP contribution in [0.15, 0.2) is 72.5 Å². The number of nitrogens with zero attached hydrogens (tertiary/aromatic N) is 3. The lowest BCUT2D eigenvalue weighted by Gasteiger charge is -2.03. The van der Waals surface area contributed by atoms with Crippen LogP contribution in [0.5, 0.6) is 0 Å². The molecule has 0 radical (unpaired) electrons. The summed E-state index contributed by atoms with van der Waals surface area (Å²) in [6.07, 6.45) is 6.81. The van der Waals surface area contributed by atoms with E-state index >= 15 is 0 Å². The van der Waals surface area contributed by atoms with Gasteiger partial charge in [-0.25, -0.2) is 13.1 Å². The Balaban J connectivity index is 1.54. The number of sulfonamides is 1. The molecular formula is C18H18N4O2S. The van der Waals surface area contributed by atoms with Gasteiger partial charge in [-0.15, -0.1) is 0 Å². The number of pyridine rings is 1. The molecule has 2 aromatic heterocycles. The van der Waals surface area contributed by atoms with E-state index in [1.165, 1.54) is 5.41 Å². The van der Waals surface area contributed by atoms with Gasteiger partial charge >= 0.3 is 0 Å². The molecule has 2 heterocycles. The van der Waals surface area contributed by atoms with Crippen molar-refractivity contribution in [2.24, 2.45) is 0 Å². The molecule has 0 fully saturated rings. The summed E-state index contributed by atoms with van der Waals surface area (Å²) in [7, 11) is -3.48. The van der Waals surface area contributed by atoms with Crippen LogP contribution in [0.4, 0.5) is 0 Å². The third kappa shape index (κ3) is 5.10. The lowest BCUT2D eigenvalue weighted by molar-refractivity contribution is 0.568. The Hall–Kier alpha value is -2.77. The first-order chi connectivity index (χ1) is 12.1. The van der Waals surface area contributed by atoms with Crippen molar-refractivity contribution in [1.29, 1.82) is 0 Å². The highest BCUT2D eigenvalue weighted by Gasteiger charge is 2.06. The highest BCUT2D eigenvalue weighted by molar-refractivity contribution is 7.92. The van der Waals surface area contributed by atoms with Crippen LogP contribution in [-0.2, 0) is 16.6 Å². The van der Waals surface area contributed by atoms with Gasteiger partial charge in [0.25, 0.3) is 0 Å². The molecule has 1 aromatic carbocycles. The lowest BCUT2D eigenvalue weighted by atomic mass is 10.2. The van der Waals surface area contributed by atoms with E-state index in [4.69, 9.17) is 0 Å². The van der Waals surface area contributed by atoms with Crippen LogP contribution in [0.25, 0.3) is 17.3 Å². The second-order valence-electron chi connectivity index (χ2n) is 5.35. The zero-order chi connectivity index (χ0) is 17.5. The molecule has 25 heavy (non-hydrogen) atoms. The van der Waals surface area contributed by atoms with Crippen LogP contribution in [0.1, 0.15) is 5.56 Å². The number of rotatable bonds is 7. The van der Waals surface area contributed by atoms with Crippen LogP contribution < -0.4 is 4.72 Å². The quantitative estimate of drug-likeness (QED) is 0.707. The van der Waals surface area contributed by atoms with Gasteiger partial charge in [-0.3, -0.25) is 9.67 Å². The largest absolute Gasteiger partial charge is 0.271 e. The van der Waals surface area contributed by atoms with Crippen molar-refractivity contribution >= 4 is 16.1 Å². The predicted molar refractivity (Wildman–Crippen MR) is 97.9 cm³/mol. The molecule has 0 saturated carbocycles. The minimum atomic E-state index is -3.48. The normalized spacial score (nSPS) is 11.8. The summed E-state index contributed by atoms with van der Waals surface area (Å²) in [6, 6.07) is 14.9. The van der Waals surface area contributed by atoms with E-state index in [1.54, 1.807) is 23.2 Å². The van der Waals surface area contributed by atoms with E-state index in [1.807, 2.05) is 54.7 Å². The van der Waals surface area contributed by atoms with Crippen molar-refractivity contribution in [2.45, 2.75) is 6.54 Å². The van der Waals surface area contributed by atoms with Gasteiger partial charge in [0.05, 0.1) is 12.2 Å². The Morgan fingerprint density at radius 1 is 1.04 bits per heavy atom. The van der Waals surface area contributed by atoms with Crippen LogP contribution in [0, 0.1) is 0 Å². The molecule has 0 aliphatic heterocycles. The Bertz CT molecular complexity index is 935. The zero-order valence-corrected chi connectivity index (χ0v) is 14.3. The van der Waals surface area contributed by atoms with E-state index in [0.717, 1.165) is 16.8 Å². The smallest absolute Gasteiger partial charge is 0.233 e. The molecule has 0 unspecified atom stereocenters. The SMILES string of the molecule is O=S(=O)(/C=C/c1ccccc1)NCCn1ccc(-c2ccncc2)n1. The first-order valence-electron chi connectivity index (χ1n) is 7.79. The standard InChI is InChI=1S/C18H18N4O2S/c23-25(24,15-9-16-4-2-1-3-5-16)20-12-14-22-13-8-18(21-22)17-6-10-19-11-7-17/h1-11,13,15,20H,12,14H2/b15-9+. The summed E-state index contributed by atoms with van der Waals surface area (Å²) in [4.78, 5) is 3.98. The van der Waals surface area contributed by atoms with Gasteiger partial charge in [-0.05, 0) is 29.8 Å². The van der Waals surface area contributed by atoms with Crippen LogP contribution in [0.2, 0.25) is 0 Å². The molecule has 0 aliphatic carbocycles. The molecule has 0 atom stereocenters. The van der Waals surface area contributed by atoms with Crippen molar-refractivity contribution < 1.29 is 8.42 Å². The van der Waals surface area contributed by atoms with E-state index in [9.17, 15) is 8.42 Å². The number of hydrogen-bond acceptors (Lipinski definition) is 4. The second-order valence-corrected chi connectivity index (χ2v) is 7.00. The summed E-state index contributed by atoms with van der Waals surface area (Å²) < 4.78 is 28.2. The zero-order valence-electron chi connectivity index (χ0n) is 13.5. The van der Waals surface area contributed by atoms with Gasteiger partial charge in [0.1, 0.15) is 0 Å². The molecule has 0 saturated heterocycles. The topological polar surface area (TPSA) is 76.9 Å². The Labute approximate surface area is 146 Å². The van der Waals surface area contributed by atoms with Gasteiger partial charge in [0.15, 0.2) is 0 Å². The fraction of sp³-hybridized carbons (Fsp3) is 0.111. The molecule has 0 spiro atoms. The number of nitrogens with one attached hydrogen (secondary N) is 1. The molecule has 128 valence electrons. The molecule has 0 aliphatic rings. The average molecular weight is 354 g/mol. The lowest BCUT2D eigenvalue weighted by Crippen LogP contribution is -2.25. The molecule has 1 N–H and O–H groups in total. The summed E-state index contributed by atoms with van der Waals surface area (Å²) in [5.41, 5.74) is 2.64. The van der Waals surface area contributed by atoms with Gasteiger partial charge in [-0.1, -0.05) is 30.3 Å². The summed E-state index contributed by atoms with van der Waals surface area (Å²) in [5.74, 6) is 0. The van der Waals surface area contributed by atoms with E-state index < -0.39 is 10.0 Å². The number of hydrogen-bond donors (Lipinski definition) is 1. The Morgan fingerprint density at radius 3 is 2.56 bits per heavy atom. The highest BCUT2D eigenvalue weighted by Crippen LogP contribution is 2.14. The molecule has 0 amide bonds. The molecule has 3 rings (SSSR count). The first-order valence-corrected chi connectivity index (χ1v) is 9.34. The third-order valence-electron chi connectivity index (χ3n) is 3.50. The molecule has 6 nitrogen and oxygen atoms in total. The molecular weight excluding hydrogens is 336 g/mol. The monoisotopic (exact) mass is 354 g/mol. The highest BCUT2D eigenvalue weighted by atomic mass is 32.2. The Morgan fingerprint density at radius 2 is 1.80 bits per heavy atom. The Kier molecular flexibility index (Phi) is 5.37.